The molecule has 0 aliphatic rings. The number of ketones is 1. The zero-order chi connectivity index (χ0) is 4.99. The summed E-state index contributed by atoms with van der Waals surface area (Å²) in [6.45, 7) is 1.38. The Bertz CT molecular complexity index is 66.5. The van der Waals surface area contributed by atoms with Gasteiger partial charge in [0.1, 0.15) is 12.1 Å². The molecule has 0 spiro atoms. The lowest BCUT2D eigenvalue weighted by molar-refractivity contribution is -0.120. The zero-order valence-electron chi connectivity index (χ0n) is 3.60. The summed E-state index contributed by atoms with van der Waals surface area (Å²) in [6, 6.07) is 0. The topological polar surface area (TPSA) is 34.1 Å². The standard InChI is InChI=1S/C4H6O2.CH4/c1-4(6)2-3-5;/h3H,2H2,1H3;1H4. The second kappa shape index (κ2) is 5.34. The Morgan fingerprint density at radius 1 is 1.71 bits per heavy atom. The molecule has 0 heterocycles. The first kappa shape index (κ1) is 9.60. The maximum atomic E-state index is 9.81. The van der Waals surface area contributed by atoms with Gasteiger partial charge in [0.2, 0.25) is 0 Å². The molecule has 0 saturated heterocycles. The Morgan fingerprint density at radius 2 is 2.14 bits per heavy atom. The van der Waals surface area contributed by atoms with Crippen molar-refractivity contribution in [3.63, 3.8) is 0 Å². The Labute approximate surface area is 43.5 Å². The summed E-state index contributed by atoms with van der Waals surface area (Å²) in [4.78, 5) is 19.2. The molecule has 0 rings (SSSR count). The summed E-state index contributed by atoms with van der Waals surface area (Å²) in [5, 5.41) is 0. The van der Waals surface area contributed by atoms with Crippen molar-refractivity contribution >= 4 is 12.1 Å². The van der Waals surface area contributed by atoms with Crippen LogP contribution in [0.1, 0.15) is 20.8 Å². The first-order valence-corrected chi connectivity index (χ1v) is 1.70. The van der Waals surface area contributed by atoms with Crippen LogP contribution in [0.15, 0.2) is 0 Å². The Kier molecular flexibility index (Phi) is 7.32. The predicted molar refractivity (Wildman–Crippen MR) is 28.1 cm³/mol. The smallest absolute Gasteiger partial charge is 0.136 e. The van der Waals surface area contributed by atoms with Gasteiger partial charge >= 0.3 is 0 Å². The van der Waals surface area contributed by atoms with Crippen molar-refractivity contribution in [2.45, 2.75) is 20.8 Å². The van der Waals surface area contributed by atoms with Crippen molar-refractivity contribution in [3.8, 4) is 0 Å². The van der Waals surface area contributed by atoms with E-state index in [4.69, 9.17) is 0 Å². The Balaban J connectivity index is 0. The van der Waals surface area contributed by atoms with Gasteiger partial charge in [-0.3, -0.25) is 4.79 Å². The quantitative estimate of drug-likeness (QED) is 0.381. The molecule has 0 bridgehead atoms. The van der Waals surface area contributed by atoms with Gasteiger partial charge < -0.3 is 4.79 Å². The number of aldehydes is 1. The van der Waals surface area contributed by atoms with Gasteiger partial charge in [-0.15, -0.1) is 0 Å². The van der Waals surface area contributed by atoms with Gasteiger partial charge in [-0.1, -0.05) is 7.43 Å². The molecule has 0 aromatic carbocycles. The number of hydrogen-bond donors (Lipinski definition) is 0. The Hall–Kier alpha value is -0.660. The van der Waals surface area contributed by atoms with Crippen molar-refractivity contribution in [2.24, 2.45) is 0 Å². The summed E-state index contributed by atoms with van der Waals surface area (Å²) >= 11 is 0. The summed E-state index contributed by atoms with van der Waals surface area (Å²) in [5.41, 5.74) is 0. The van der Waals surface area contributed by atoms with E-state index in [-0.39, 0.29) is 19.6 Å². The van der Waals surface area contributed by atoms with Crippen LogP contribution >= 0.6 is 0 Å². The maximum absolute atomic E-state index is 9.81. The van der Waals surface area contributed by atoms with Gasteiger partial charge in [-0.05, 0) is 6.92 Å². The predicted octanol–water partition coefficient (Wildman–Crippen LogP) is 0.800. The van der Waals surface area contributed by atoms with E-state index in [1.807, 2.05) is 0 Å². The van der Waals surface area contributed by atoms with Crippen LogP contribution < -0.4 is 0 Å². The van der Waals surface area contributed by atoms with Crippen LogP contribution in [0, 0.1) is 0 Å². The van der Waals surface area contributed by atoms with E-state index < -0.39 is 0 Å². The van der Waals surface area contributed by atoms with Crippen LogP contribution in [0.2, 0.25) is 0 Å². The molecule has 0 amide bonds. The Morgan fingerprint density at radius 3 is 2.14 bits per heavy atom. The molecule has 2 nitrogen and oxygen atoms in total. The minimum absolute atomic E-state index is 0. The summed E-state index contributed by atoms with van der Waals surface area (Å²) < 4.78 is 0. The lowest BCUT2D eigenvalue weighted by atomic mass is 10.3. The number of rotatable bonds is 2. The maximum Gasteiger partial charge on any atom is 0.136 e. The molecule has 0 unspecified atom stereocenters. The number of Topliss-reactive ketones (excluding diaryl/α,β-unsaturated/α-hetero) is 1. The average molecular weight is 102 g/mol. The second-order valence-corrected chi connectivity index (χ2v) is 1.07. The fourth-order valence-electron chi connectivity index (χ4n) is 0.117. The molecule has 2 heteroatoms. The average Bonchev–Trinajstić information content (AvgIpc) is 1.35. The van der Waals surface area contributed by atoms with E-state index in [9.17, 15) is 9.59 Å². The van der Waals surface area contributed by atoms with Crippen molar-refractivity contribution in [3.05, 3.63) is 0 Å². The van der Waals surface area contributed by atoms with Crippen LogP contribution in [0.4, 0.5) is 0 Å². The number of carbonyl (C=O) groups is 2. The van der Waals surface area contributed by atoms with Crippen LogP contribution in [-0.4, -0.2) is 12.1 Å². The lowest BCUT2D eigenvalue weighted by Gasteiger charge is -1.71. The summed E-state index contributed by atoms with van der Waals surface area (Å²) in [6.07, 6.45) is 0.655. The van der Waals surface area contributed by atoms with E-state index in [1.54, 1.807) is 0 Å². The van der Waals surface area contributed by atoms with Crippen LogP contribution in [0.5, 0.6) is 0 Å². The van der Waals surface area contributed by atoms with Crippen molar-refractivity contribution in [2.75, 3.05) is 0 Å². The fraction of sp³-hybridized carbons (Fsp3) is 0.600. The molecule has 0 N–H and O–H groups in total. The third-order valence-electron chi connectivity index (χ3n) is 0.371. The van der Waals surface area contributed by atoms with Crippen molar-refractivity contribution < 1.29 is 9.59 Å². The van der Waals surface area contributed by atoms with Crippen LogP contribution in [0.25, 0.3) is 0 Å². The summed E-state index contributed by atoms with van der Waals surface area (Å²) in [5.74, 6) is -0.0787. The van der Waals surface area contributed by atoms with Gasteiger partial charge in [-0.2, -0.15) is 0 Å². The molecule has 0 aliphatic heterocycles. The van der Waals surface area contributed by atoms with E-state index in [1.165, 1.54) is 6.92 Å². The molecule has 0 aromatic rings. The molecule has 0 atom stereocenters. The highest BCUT2D eigenvalue weighted by Gasteiger charge is 1.83. The van der Waals surface area contributed by atoms with E-state index in [0.29, 0.717) is 6.29 Å². The van der Waals surface area contributed by atoms with Gasteiger partial charge in [0.25, 0.3) is 0 Å². The normalized spacial score (nSPS) is 6.43. The van der Waals surface area contributed by atoms with Gasteiger partial charge in [-0.25, -0.2) is 0 Å². The second-order valence-electron chi connectivity index (χ2n) is 1.07. The highest BCUT2D eigenvalue weighted by atomic mass is 16.1. The van der Waals surface area contributed by atoms with E-state index in [2.05, 4.69) is 0 Å². The molecule has 0 aromatic heterocycles. The van der Waals surface area contributed by atoms with E-state index in [0.717, 1.165) is 0 Å². The molecule has 0 aliphatic carbocycles. The minimum Gasteiger partial charge on any atom is -0.303 e. The highest BCUT2D eigenvalue weighted by Crippen LogP contribution is 1.69. The third-order valence-corrected chi connectivity index (χ3v) is 0.371. The van der Waals surface area contributed by atoms with Crippen molar-refractivity contribution in [1.82, 2.24) is 0 Å². The van der Waals surface area contributed by atoms with Gasteiger partial charge in [0.15, 0.2) is 0 Å². The highest BCUT2D eigenvalue weighted by molar-refractivity contribution is 5.87. The monoisotopic (exact) mass is 102 g/mol. The molecule has 7 heavy (non-hydrogen) atoms. The summed E-state index contributed by atoms with van der Waals surface area (Å²) in [7, 11) is 0. The first-order chi connectivity index (χ1) is 2.77. The lowest BCUT2D eigenvalue weighted by Crippen LogP contribution is -1.87. The first-order valence-electron chi connectivity index (χ1n) is 1.70. The van der Waals surface area contributed by atoms with Crippen LogP contribution in [0.3, 0.4) is 0 Å². The fourth-order valence-corrected chi connectivity index (χ4v) is 0.117. The molecule has 0 saturated carbocycles. The third kappa shape index (κ3) is 10.9. The van der Waals surface area contributed by atoms with Gasteiger partial charge in [0.05, 0.1) is 6.42 Å². The van der Waals surface area contributed by atoms with Crippen LogP contribution in [-0.2, 0) is 9.59 Å². The number of hydrogen-bond acceptors (Lipinski definition) is 2. The molecular weight excluding hydrogens is 92.1 g/mol. The SMILES string of the molecule is C.CC(=O)CC=O. The minimum atomic E-state index is -0.0787. The molecule has 0 radical (unpaired) electrons. The largest absolute Gasteiger partial charge is 0.303 e. The molecular formula is C5H10O2. The molecule has 0 fully saturated rings. The number of carbonyl (C=O) groups excluding carboxylic acids is 2. The zero-order valence-corrected chi connectivity index (χ0v) is 3.60. The molecule has 42 valence electrons. The van der Waals surface area contributed by atoms with Crippen molar-refractivity contribution in [1.29, 1.82) is 0 Å². The van der Waals surface area contributed by atoms with Gasteiger partial charge in [0, 0.05) is 0 Å². The van der Waals surface area contributed by atoms with E-state index >= 15 is 0 Å².